The fourth-order valence-corrected chi connectivity index (χ4v) is 5.36. The first-order chi connectivity index (χ1) is 15.6. The molecule has 4 rings (SSSR count). The van der Waals surface area contributed by atoms with E-state index in [1.807, 2.05) is 35.2 Å². The lowest BCUT2D eigenvalue weighted by molar-refractivity contribution is -0.122. The van der Waals surface area contributed by atoms with E-state index in [1.165, 1.54) is 32.2 Å². The molecule has 1 aromatic heterocycles. The molecule has 2 aliphatic rings. The molecule has 0 aliphatic carbocycles. The minimum Gasteiger partial charge on any atom is -0.356 e. The summed E-state index contributed by atoms with van der Waals surface area (Å²) in [6.45, 7) is 6.79. The average Bonchev–Trinajstić information content (AvgIpc) is 3.26. The lowest BCUT2D eigenvalue weighted by atomic mass is 9.93. The van der Waals surface area contributed by atoms with E-state index in [-0.39, 0.29) is 11.8 Å². The molecule has 6 heteroatoms. The first-order valence-electron chi connectivity index (χ1n) is 12.5. The molecule has 1 atom stereocenters. The Morgan fingerprint density at radius 3 is 2.69 bits per heavy atom. The largest absolute Gasteiger partial charge is 0.356 e. The Bertz CT molecular complexity index is 867. The van der Waals surface area contributed by atoms with Crippen molar-refractivity contribution in [2.75, 3.05) is 32.7 Å². The Morgan fingerprint density at radius 2 is 1.91 bits per heavy atom. The second-order valence-electron chi connectivity index (χ2n) is 9.51. The smallest absolute Gasteiger partial charge is 0.270 e. The van der Waals surface area contributed by atoms with Crippen molar-refractivity contribution in [2.45, 2.75) is 64.3 Å². The third kappa shape index (κ3) is 5.71. The number of aromatic nitrogens is 1. The molecule has 3 heterocycles. The summed E-state index contributed by atoms with van der Waals surface area (Å²) in [5.74, 6) is 0.594. The van der Waals surface area contributed by atoms with Gasteiger partial charge in [0.15, 0.2) is 0 Å². The van der Waals surface area contributed by atoms with E-state index in [9.17, 15) is 9.59 Å². The summed E-state index contributed by atoms with van der Waals surface area (Å²) < 4.78 is 0. The minimum atomic E-state index is 0.0622. The topological polar surface area (TPSA) is 68.4 Å². The van der Waals surface area contributed by atoms with E-state index in [0.29, 0.717) is 18.0 Å². The van der Waals surface area contributed by atoms with Gasteiger partial charge in [-0.15, -0.1) is 0 Å². The number of aromatic amines is 1. The Morgan fingerprint density at radius 1 is 1.09 bits per heavy atom. The number of likely N-dealkylation sites (tertiary alicyclic amines) is 2. The summed E-state index contributed by atoms with van der Waals surface area (Å²) in [7, 11) is 0. The zero-order valence-electron chi connectivity index (χ0n) is 19.4. The van der Waals surface area contributed by atoms with Crippen molar-refractivity contribution < 1.29 is 9.59 Å². The van der Waals surface area contributed by atoms with Gasteiger partial charge in [0.2, 0.25) is 5.91 Å². The van der Waals surface area contributed by atoms with Crippen molar-refractivity contribution in [3.05, 3.63) is 36.0 Å². The normalized spacial score (nSPS) is 20.5. The van der Waals surface area contributed by atoms with Gasteiger partial charge in [0.05, 0.1) is 0 Å². The lowest BCUT2D eigenvalue weighted by Crippen LogP contribution is -2.41. The second kappa shape index (κ2) is 11.0. The van der Waals surface area contributed by atoms with Crippen molar-refractivity contribution in [3.8, 4) is 0 Å². The molecule has 2 saturated heterocycles. The SMILES string of the molecule is CC[C@H]1CCCCN1CCCNC(=O)CC1CCN(C(=O)c2cc3ccccc3[nH]2)CC1. The number of piperidine rings is 2. The highest BCUT2D eigenvalue weighted by molar-refractivity contribution is 5.98. The standard InChI is InChI=1S/C26H38N4O2/c1-2-22-9-5-6-14-29(22)15-7-13-27-25(31)18-20-11-16-30(17-12-20)26(32)24-19-21-8-3-4-10-23(21)28-24/h3-4,8,10,19-20,22,28H,2,5-7,9,11-18H2,1H3,(H,27,31)/t22-/m0/s1. The Labute approximate surface area is 191 Å². The number of H-pyrrole nitrogens is 1. The van der Waals surface area contributed by atoms with Crippen LogP contribution in [0.1, 0.15) is 68.8 Å². The van der Waals surface area contributed by atoms with Crippen LogP contribution < -0.4 is 5.32 Å². The third-order valence-corrected chi connectivity index (χ3v) is 7.30. The fourth-order valence-electron chi connectivity index (χ4n) is 5.36. The van der Waals surface area contributed by atoms with Gasteiger partial charge >= 0.3 is 0 Å². The van der Waals surface area contributed by atoms with Gasteiger partial charge in [-0.25, -0.2) is 0 Å². The molecule has 0 unspecified atom stereocenters. The highest BCUT2D eigenvalue weighted by Gasteiger charge is 2.26. The zero-order valence-corrected chi connectivity index (χ0v) is 19.4. The van der Waals surface area contributed by atoms with Crippen LogP contribution in [0.25, 0.3) is 10.9 Å². The van der Waals surface area contributed by atoms with Crippen LogP contribution in [-0.4, -0.2) is 65.4 Å². The zero-order chi connectivity index (χ0) is 22.3. The summed E-state index contributed by atoms with van der Waals surface area (Å²) in [6.07, 6.45) is 8.62. The van der Waals surface area contributed by atoms with E-state index >= 15 is 0 Å². The molecule has 0 radical (unpaired) electrons. The maximum Gasteiger partial charge on any atom is 0.270 e. The quantitative estimate of drug-likeness (QED) is 0.608. The number of carbonyl (C=O) groups excluding carboxylic acids is 2. The predicted molar refractivity (Wildman–Crippen MR) is 129 cm³/mol. The van der Waals surface area contributed by atoms with Gasteiger partial charge in [0.25, 0.3) is 5.91 Å². The molecule has 0 saturated carbocycles. The number of nitrogens with zero attached hydrogens (tertiary/aromatic N) is 2. The summed E-state index contributed by atoms with van der Waals surface area (Å²) in [6, 6.07) is 10.6. The van der Waals surface area contributed by atoms with Crippen LogP contribution >= 0.6 is 0 Å². The molecule has 2 fully saturated rings. The summed E-state index contributed by atoms with van der Waals surface area (Å²) >= 11 is 0. The number of rotatable bonds is 8. The fraction of sp³-hybridized carbons (Fsp3) is 0.615. The van der Waals surface area contributed by atoms with Crippen LogP contribution in [-0.2, 0) is 4.79 Å². The molecule has 2 amide bonds. The molecule has 2 aromatic rings. The number of para-hydroxylation sites is 1. The molecule has 174 valence electrons. The predicted octanol–water partition coefficient (Wildman–Crippen LogP) is 4.18. The summed E-state index contributed by atoms with van der Waals surface area (Å²) in [5.41, 5.74) is 1.65. The van der Waals surface area contributed by atoms with E-state index in [0.717, 1.165) is 62.4 Å². The van der Waals surface area contributed by atoms with Crippen LogP contribution in [0.15, 0.2) is 30.3 Å². The van der Waals surface area contributed by atoms with Gasteiger partial charge in [-0.3, -0.25) is 9.59 Å². The summed E-state index contributed by atoms with van der Waals surface area (Å²) in [5, 5.41) is 4.19. The van der Waals surface area contributed by atoms with Crippen molar-refractivity contribution in [2.24, 2.45) is 5.92 Å². The number of hydrogen-bond acceptors (Lipinski definition) is 3. The molecule has 6 nitrogen and oxygen atoms in total. The van der Waals surface area contributed by atoms with Crippen LogP contribution in [0.4, 0.5) is 0 Å². The number of amides is 2. The van der Waals surface area contributed by atoms with Gasteiger partial charge in [0, 0.05) is 49.5 Å². The van der Waals surface area contributed by atoms with E-state index in [4.69, 9.17) is 0 Å². The Balaban J connectivity index is 1.14. The van der Waals surface area contributed by atoms with Crippen LogP contribution in [0.2, 0.25) is 0 Å². The monoisotopic (exact) mass is 438 g/mol. The van der Waals surface area contributed by atoms with Crippen molar-refractivity contribution in [3.63, 3.8) is 0 Å². The van der Waals surface area contributed by atoms with Crippen molar-refractivity contribution in [1.29, 1.82) is 0 Å². The first kappa shape index (κ1) is 22.8. The molecule has 0 bridgehead atoms. The van der Waals surface area contributed by atoms with Crippen molar-refractivity contribution in [1.82, 2.24) is 20.1 Å². The third-order valence-electron chi connectivity index (χ3n) is 7.30. The number of fused-ring (bicyclic) bond motifs is 1. The van der Waals surface area contributed by atoms with Gasteiger partial charge in [-0.05, 0) is 63.1 Å². The molecule has 1 aromatic carbocycles. The van der Waals surface area contributed by atoms with E-state index in [2.05, 4.69) is 22.1 Å². The van der Waals surface area contributed by atoms with Crippen molar-refractivity contribution >= 4 is 22.7 Å². The van der Waals surface area contributed by atoms with Gasteiger partial charge in [0.1, 0.15) is 5.69 Å². The maximum atomic E-state index is 12.9. The van der Waals surface area contributed by atoms with Crippen LogP contribution in [0.5, 0.6) is 0 Å². The van der Waals surface area contributed by atoms with Gasteiger partial charge < -0.3 is 20.1 Å². The first-order valence-corrected chi connectivity index (χ1v) is 12.5. The number of carbonyl (C=O) groups is 2. The Hall–Kier alpha value is -2.34. The average molecular weight is 439 g/mol. The van der Waals surface area contributed by atoms with Gasteiger partial charge in [-0.1, -0.05) is 31.5 Å². The van der Waals surface area contributed by atoms with E-state index in [1.54, 1.807) is 0 Å². The number of hydrogen-bond donors (Lipinski definition) is 2. The molecule has 32 heavy (non-hydrogen) atoms. The summed E-state index contributed by atoms with van der Waals surface area (Å²) in [4.78, 5) is 33.0. The van der Waals surface area contributed by atoms with Crippen LogP contribution in [0.3, 0.4) is 0 Å². The lowest BCUT2D eigenvalue weighted by Gasteiger charge is -2.35. The highest BCUT2D eigenvalue weighted by Crippen LogP contribution is 2.23. The van der Waals surface area contributed by atoms with E-state index < -0.39 is 0 Å². The number of nitrogens with one attached hydrogen (secondary N) is 2. The molecule has 0 spiro atoms. The highest BCUT2D eigenvalue weighted by atomic mass is 16.2. The molecular weight excluding hydrogens is 400 g/mol. The van der Waals surface area contributed by atoms with Crippen LogP contribution in [0, 0.1) is 5.92 Å². The molecule has 2 N–H and O–H groups in total. The number of benzene rings is 1. The van der Waals surface area contributed by atoms with Gasteiger partial charge in [-0.2, -0.15) is 0 Å². The maximum absolute atomic E-state index is 12.9. The molecule has 2 aliphatic heterocycles. The second-order valence-corrected chi connectivity index (χ2v) is 9.51. The molecular formula is C26H38N4O2. The minimum absolute atomic E-state index is 0.0622. The Kier molecular flexibility index (Phi) is 7.85.